The van der Waals surface area contributed by atoms with Gasteiger partial charge in [-0.05, 0) is 37.0 Å². The Hall–Kier alpha value is -3.35. The van der Waals surface area contributed by atoms with E-state index in [2.05, 4.69) is 10.9 Å². The van der Waals surface area contributed by atoms with Crippen LogP contribution in [0.15, 0.2) is 54.6 Å². The summed E-state index contributed by atoms with van der Waals surface area (Å²) in [5.74, 6) is -0.781. The minimum absolute atomic E-state index is 0.102. The number of carbonyl (C=O) groups is 3. The first kappa shape index (κ1) is 21.9. The van der Waals surface area contributed by atoms with Crippen molar-refractivity contribution in [3.8, 4) is 5.75 Å². The Balaban J connectivity index is 1.56. The van der Waals surface area contributed by atoms with Gasteiger partial charge in [0.05, 0.1) is 19.3 Å². The summed E-state index contributed by atoms with van der Waals surface area (Å²) < 4.78 is 10.3. The van der Waals surface area contributed by atoms with E-state index in [4.69, 9.17) is 9.47 Å². The van der Waals surface area contributed by atoms with Crippen LogP contribution in [0, 0.1) is 0 Å². The molecular weight excluding hydrogens is 372 g/mol. The first-order chi connectivity index (χ1) is 14.1. The van der Waals surface area contributed by atoms with Crippen LogP contribution >= 0.6 is 0 Å². The van der Waals surface area contributed by atoms with Crippen molar-refractivity contribution >= 4 is 17.8 Å². The fraction of sp³-hybridized carbons (Fsp3) is 0.318. The Bertz CT molecular complexity index is 808. The highest BCUT2D eigenvalue weighted by Gasteiger charge is 2.12. The van der Waals surface area contributed by atoms with E-state index in [0.717, 1.165) is 12.8 Å². The molecule has 0 fully saturated rings. The number of para-hydroxylation sites is 1. The fourth-order valence-corrected chi connectivity index (χ4v) is 2.66. The van der Waals surface area contributed by atoms with Crippen LogP contribution in [-0.2, 0) is 20.7 Å². The molecule has 0 aliphatic carbocycles. The predicted molar refractivity (Wildman–Crippen MR) is 108 cm³/mol. The molecule has 29 heavy (non-hydrogen) atoms. The summed E-state index contributed by atoms with van der Waals surface area (Å²) >= 11 is 0. The van der Waals surface area contributed by atoms with Crippen molar-refractivity contribution in [1.29, 1.82) is 0 Å². The zero-order chi connectivity index (χ0) is 20.9. The molecule has 2 N–H and O–H groups in total. The van der Waals surface area contributed by atoms with Crippen LogP contribution in [0.2, 0.25) is 0 Å². The van der Waals surface area contributed by atoms with Crippen LogP contribution in [0.5, 0.6) is 5.75 Å². The normalized spacial score (nSPS) is 10.1. The highest BCUT2D eigenvalue weighted by Crippen LogP contribution is 2.16. The molecule has 0 aromatic heterocycles. The monoisotopic (exact) mass is 398 g/mol. The third-order valence-electron chi connectivity index (χ3n) is 4.17. The molecule has 2 rings (SSSR count). The van der Waals surface area contributed by atoms with Crippen LogP contribution in [0.3, 0.4) is 0 Å². The first-order valence-electron chi connectivity index (χ1n) is 9.52. The van der Waals surface area contributed by atoms with Crippen molar-refractivity contribution in [3.05, 3.63) is 65.7 Å². The molecule has 7 heteroatoms. The number of aryl methyl sites for hydroxylation is 1. The van der Waals surface area contributed by atoms with E-state index in [-0.39, 0.29) is 24.7 Å². The number of hydrogen-bond acceptors (Lipinski definition) is 5. The lowest BCUT2D eigenvalue weighted by atomic mass is 10.1. The lowest BCUT2D eigenvalue weighted by Crippen LogP contribution is -2.41. The number of hydrogen-bond donors (Lipinski definition) is 2. The molecule has 0 heterocycles. The maximum atomic E-state index is 12.1. The van der Waals surface area contributed by atoms with Gasteiger partial charge in [-0.3, -0.25) is 25.2 Å². The second-order valence-electron chi connectivity index (χ2n) is 6.37. The van der Waals surface area contributed by atoms with Gasteiger partial charge in [-0.2, -0.15) is 0 Å². The Kier molecular flexibility index (Phi) is 9.21. The number of methoxy groups -OCH3 is 1. The van der Waals surface area contributed by atoms with Crippen LogP contribution in [0.25, 0.3) is 0 Å². The van der Waals surface area contributed by atoms with E-state index in [0.29, 0.717) is 24.3 Å². The summed E-state index contributed by atoms with van der Waals surface area (Å²) in [5, 5.41) is 0. The van der Waals surface area contributed by atoms with Crippen LogP contribution in [0.1, 0.15) is 41.6 Å². The lowest BCUT2D eigenvalue weighted by Gasteiger charge is -2.10. The summed E-state index contributed by atoms with van der Waals surface area (Å²) in [6.07, 6.45) is 2.20. The molecule has 0 aliphatic heterocycles. The third kappa shape index (κ3) is 8.04. The molecule has 2 aromatic rings. The lowest BCUT2D eigenvalue weighted by molar-refractivity contribution is -0.143. The third-order valence-corrected chi connectivity index (χ3v) is 4.17. The van der Waals surface area contributed by atoms with E-state index in [1.807, 2.05) is 30.3 Å². The standard InChI is InChI=1S/C22H26N2O5/c1-28-19-13-6-5-12-18(19)22(27)24-23-20(25)14-7-15-21(26)29-16-8-11-17-9-3-2-4-10-17/h2-6,9-10,12-13H,7-8,11,14-16H2,1H3,(H,23,25)(H,24,27). The number of hydrazine groups is 1. The summed E-state index contributed by atoms with van der Waals surface area (Å²) in [7, 11) is 1.46. The van der Waals surface area contributed by atoms with Gasteiger partial charge in [0, 0.05) is 12.8 Å². The molecule has 0 unspecified atom stereocenters. The Morgan fingerprint density at radius 1 is 0.862 bits per heavy atom. The van der Waals surface area contributed by atoms with E-state index in [9.17, 15) is 14.4 Å². The molecule has 0 radical (unpaired) electrons. The summed E-state index contributed by atoms with van der Waals surface area (Å²) in [6, 6.07) is 16.7. The Morgan fingerprint density at radius 3 is 2.34 bits per heavy atom. The van der Waals surface area contributed by atoms with Crippen molar-refractivity contribution in [2.75, 3.05) is 13.7 Å². The van der Waals surface area contributed by atoms with Gasteiger partial charge in [-0.1, -0.05) is 42.5 Å². The summed E-state index contributed by atoms with van der Waals surface area (Å²) in [6.45, 7) is 0.356. The molecule has 7 nitrogen and oxygen atoms in total. The van der Waals surface area contributed by atoms with Gasteiger partial charge >= 0.3 is 5.97 Å². The van der Waals surface area contributed by atoms with Gasteiger partial charge < -0.3 is 9.47 Å². The quantitative estimate of drug-likeness (QED) is 0.365. The highest BCUT2D eigenvalue weighted by atomic mass is 16.5. The number of carbonyl (C=O) groups excluding carboxylic acids is 3. The van der Waals surface area contributed by atoms with Gasteiger partial charge in [0.2, 0.25) is 5.91 Å². The van der Waals surface area contributed by atoms with Crippen LogP contribution < -0.4 is 15.6 Å². The first-order valence-corrected chi connectivity index (χ1v) is 9.52. The molecule has 0 bridgehead atoms. The van der Waals surface area contributed by atoms with Gasteiger partial charge in [-0.25, -0.2) is 0 Å². The molecule has 0 saturated carbocycles. The Labute approximate surface area is 170 Å². The number of rotatable bonds is 10. The predicted octanol–water partition coefficient (Wildman–Crippen LogP) is 2.80. The van der Waals surface area contributed by atoms with E-state index >= 15 is 0 Å². The molecule has 0 atom stereocenters. The fourth-order valence-electron chi connectivity index (χ4n) is 2.66. The summed E-state index contributed by atoms with van der Waals surface area (Å²) in [5.41, 5.74) is 6.18. The highest BCUT2D eigenvalue weighted by molar-refractivity contribution is 5.97. The van der Waals surface area contributed by atoms with E-state index in [1.165, 1.54) is 12.7 Å². The number of ether oxygens (including phenoxy) is 2. The number of nitrogens with one attached hydrogen (secondary N) is 2. The zero-order valence-electron chi connectivity index (χ0n) is 16.5. The molecular formula is C22H26N2O5. The van der Waals surface area contributed by atoms with Crippen molar-refractivity contribution in [2.24, 2.45) is 0 Å². The average Bonchev–Trinajstić information content (AvgIpc) is 2.75. The topological polar surface area (TPSA) is 93.7 Å². The van der Waals surface area contributed by atoms with Crippen molar-refractivity contribution in [2.45, 2.75) is 32.1 Å². The maximum absolute atomic E-state index is 12.1. The molecule has 2 amide bonds. The minimum atomic E-state index is -0.478. The molecule has 2 aromatic carbocycles. The summed E-state index contributed by atoms with van der Waals surface area (Å²) in [4.78, 5) is 35.6. The van der Waals surface area contributed by atoms with Gasteiger partial charge in [0.15, 0.2) is 0 Å². The zero-order valence-corrected chi connectivity index (χ0v) is 16.5. The largest absolute Gasteiger partial charge is 0.496 e. The second-order valence-corrected chi connectivity index (χ2v) is 6.37. The molecule has 0 saturated heterocycles. The van der Waals surface area contributed by atoms with Crippen molar-refractivity contribution < 1.29 is 23.9 Å². The Morgan fingerprint density at radius 2 is 1.59 bits per heavy atom. The SMILES string of the molecule is COc1ccccc1C(=O)NNC(=O)CCCC(=O)OCCCc1ccccc1. The number of esters is 1. The second kappa shape index (κ2) is 12.2. The van der Waals surface area contributed by atoms with E-state index in [1.54, 1.807) is 24.3 Å². The molecule has 0 spiro atoms. The minimum Gasteiger partial charge on any atom is -0.496 e. The molecule has 0 aliphatic rings. The number of amides is 2. The molecule has 154 valence electrons. The maximum Gasteiger partial charge on any atom is 0.305 e. The van der Waals surface area contributed by atoms with Gasteiger partial charge in [0.1, 0.15) is 5.75 Å². The van der Waals surface area contributed by atoms with Gasteiger partial charge in [-0.15, -0.1) is 0 Å². The van der Waals surface area contributed by atoms with Crippen molar-refractivity contribution in [1.82, 2.24) is 10.9 Å². The number of benzene rings is 2. The van der Waals surface area contributed by atoms with Crippen LogP contribution in [0.4, 0.5) is 0 Å². The average molecular weight is 398 g/mol. The van der Waals surface area contributed by atoms with E-state index < -0.39 is 5.91 Å². The van der Waals surface area contributed by atoms with Gasteiger partial charge in [0.25, 0.3) is 5.91 Å². The smallest absolute Gasteiger partial charge is 0.305 e. The van der Waals surface area contributed by atoms with Crippen molar-refractivity contribution in [3.63, 3.8) is 0 Å². The van der Waals surface area contributed by atoms with Crippen LogP contribution in [-0.4, -0.2) is 31.5 Å².